The molecule has 0 amide bonds. The number of nitrogens with zero attached hydrogens (tertiary/aromatic N) is 1. The topological polar surface area (TPSA) is 53.1 Å². The maximum atomic E-state index is 12.6. The van der Waals surface area contributed by atoms with Crippen LogP contribution in [0.4, 0.5) is 13.2 Å². The first-order chi connectivity index (χ1) is 8.30. The van der Waals surface area contributed by atoms with Crippen LogP contribution in [-0.4, -0.2) is 30.5 Å². The van der Waals surface area contributed by atoms with Crippen LogP contribution in [0.1, 0.15) is 5.56 Å². The largest absolute Gasteiger partial charge is 0.399 e. The van der Waals surface area contributed by atoms with Crippen molar-refractivity contribution in [1.82, 2.24) is 4.90 Å². The smallest absolute Gasteiger partial charge is 0.387 e. The summed E-state index contributed by atoms with van der Waals surface area (Å²) in [6, 6.07) is 9.18. The Morgan fingerprint density at radius 2 is 1.89 bits per heavy atom. The van der Waals surface area contributed by atoms with Crippen LogP contribution >= 0.6 is 0 Å². The van der Waals surface area contributed by atoms with E-state index < -0.39 is 17.9 Å². The molecule has 0 bridgehead atoms. The number of nitrogens with one attached hydrogen (secondary N) is 1. The molecular formula is C12H16F3N3. The molecule has 1 atom stereocenters. The molecule has 0 fully saturated rings. The highest BCUT2D eigenvalue weighted by molar-refractivity contribution is 5.80. The molecule has 1 aromatic carbocycles. The Kier molecular flexibility index (Phi) is 4.72. The van der Waals surface area contributed by atoms with E-state index in [2.05, 4.69) is 0 Å². The number of hydrogen-bond donors (Lipinski definition) is 2. The van der Waals surface area contributed by atoms with Crippen LogP contribution in [0.2, 0.25) is 0 Å². The third-order valence-electron chi connectivity index (χ3n) is 2.56. The Labute approximate surface area is 104 Å². The van der Waals surface area contributed by atoms with Gasteiger partial charge in [-0.3, -0.25) is 5.41 Å². The summed E-state index contributed by atoms with van der Waals surface area (Å²) in [6.07, 6.45) is -4.48. The Morgan fingerprint density at radius 3 is 2.33 bits per heavy atom. The van der Waals surface area contributed by atoms with Crippen molar-refractivity contribution in [3.8, 4) is 0 Å². The number of hydrogen-bond acceptors (Lipinski definition) is 2. The second-order valence-corrected chi connectivity index (χ2v) is 4.23. The van der Waals surface area contributed by atoms with Crippen molar-refractivity contribution in [2.45, 2.75) is 12.7 Å². The molecule has 100 valence electrons. The van der Waals surface area contributed by atoms with E-state index in [0.717, 1.165) is 5.56 Å². The van der Waals surface area contributed by atoms with E-state index in [9.17, 15) is 13.2 Å². The Morgan fingerprint density at radius 1 is 1.33 bits per heavy atom. The number of alkyl halides is 3. The second-order valence-electron chi connectivity index (χ2n) is 4.23. The van der Waals surface area contributed by atoms with E-state index in [0.29, 0.717) is 6.54 Å². The lowest BCUT2D eigenvalue weighted by atomic mass is 10.1. The van der Waals surface area contributed by atoms with Gasteiger partial charge in [0.15, 0.2) is 0 Å². The summed E-state index contributed by atoms with van der Waals surface area (Å²) >= 11 is 0. The van der Waals surface area contributed by atoms with Gasteiger partial charge in [-0.25, -0.2) is 0 Å². The normalized spacial score (nSPS) is 13.6. The maximum absolute atomic E-state index is 12.6. The lowest BCUT2D eigenvalue weighted by molar-refractivity contribution is -0.159. The molecule has 0 heterocycles. The number of benzene rings is 1. The van der Waals surface area contributed by atoms with Gasteiger partial charge in [0.2, 0.25) is 0 Å². The number of amidine groups is 1. The third-order valence-corrected chi connectivity index (χ3v) is 2.56. The van der Waals surface area contributed by atoms with E-state index >= 15 is 0 Å². The summed E-state index contributed by atoms with van der Waals surface area (Å²) in [5.41, 5.74) is 5.92. The van der Waals surface area contributed by atoms with Crippen molar-refractivity contribution in [2.75, 3.05) is 13.6 Å². The van der Waals surface area contributed by atoms with Gasteiger partial charge in [0, 0.05) is 13.1 Å². The van der Waals surface area contributed by atoms with Crippen molar-refractivity contribution < 1.29 is 13.2 Å². The monoisotopic (exact) mass is 259 g/mol. The van der Waals surface area contributed by atoms with Gasteiger partial charge in [-0.2, -0.15) is 13.2 Å². The van der Waals surface area contributed by atoms with Crippen molar-refractivity contribution in [1.29, 1.82) is 5.41 Å². The summed E-state index contributed by atoms with van der Waals surface area (Å²) < 4.78 is 37.9. The quantitative estimate of drug-likeness (QED) is 0.629. The fraction of sp³-hybridized carbons (Fsp3) is 0.417. The van der Waals surface area contributed by atoms with E-state index in [4.69, 9.17) is 11.1 Å². The van der Waals surface area contributed by atoms with Crippen molar-refractivity contribution >= 4 is 5.84 Å². The SMILES string of the molecule is CN(Cc1ccccc1)CC(C(=N)N)C(F)(F)F. The zero-order valence-corrected chi connectivity index (χ0v) is 10.0. The third kappa shape index (κ3) is 4.37. The molecule has 3 nitrogen and oxygen atoms in total. The second kappa shape index (κ2) is 5.86. The van der Waals surface area contributed by atoms with Crippen molar-refractivity contribution in [3.05, 3.63) is 35.9 Å². The van der Waals surface area contributed by atoms with E-state index in [1.165, 1.54) is 4.90 Å². The molecular weight excluding hydrogens is 243 g/mol. The first-order valence-electron chi connectivity index (χ1n) is 5.44. The fourth-order valence-electron chi connectivity index (χ4n) is 1.65. The van der Waals surface area contributed by atoms with Gasteiger partial charge in [-0.15, -0.1) is 0 Å². The van der Waals surface area contributed by atoms with Gasteiger partial charge in [-0.1, -0.05) is 30.3 Å². The Bertz CT molecular complexity index is 389. The molecule has 3 N–H and O–H groups in total. The first kappa shape index (κ1) is 14.5. The van der Waals surface area contributed by atoms with Crippen molar-refractivity contribution in [2.24, 2.45) is 11.7 Å². The zero-order chi connectivity index (χ0) is 13.8. The number of nitrogens with two attached hydrogens (primary N) is 1. The minimum absolute atomic E-state index is 0.312. The zero-order valence-electron chi connectivity index (χ0n) is 10.0. The summed E-state index contributed by atoms with van der Waals surface area (Å²) in [6.45, 7) is 0.0778. The predicted octanol–water partition coefficient (Wildman–Crippen LogP) is 2.23. The highest BCUT2D eigenvalue weighted by atomic mass is 19.4. The lowest BCUT2D eigenvalue weighted by Gasteiger charge is -2.25. The number of halogens is 3. The molecule has 6 heteroatoms. The van der Waals surface area contributed by atoms with Crippen molar-refractivity contribution in [3.63, 3.8) is 0 Å². The highest BCUT2D eigenvalue weighted by Crippen LogP contribution is 2.26. The van der Waals surface area contributed by atoms with Gasteiger partial charge in [0.05, 0.1) is 0 Å². The molecule has 0 spiro atoms. The molecule has 0 radical (unpaired) electrons. The van der Waals surface area contributed by atoms with Crippen LogP contribution in [0.5, 0.6) is 0 Å². The van der Waals surface area contributed by atoms with Gasteiger partial charge >= 0.3 is 6.18 Å². The van der Waals surface area contributed by atoms with Gasteiger partial charge in [0.25, 0.3) is 0 Å². The average molecular weight is 259 g/mol. The Balaban J connectivity index is 2.63. The molecule has 18 heavy (non-hydrogen) atoms. The molecule has 1 aromatic rings. The summed E-state index contributed by atoms with van der Waals surface area (Å²) in [5, 5.41) is 7.01. The van der Waals surface area contributed by atoms with Crippen LogP contribution in [0.15, 0.2) is 30.3 Å². The van der Waals surface area contributed by atoms with E-state index in [-0.39, 0.29) is 6.54 Å². The Hall–Kier alpha value is -1.56. The molecule has 0 aromatic heterocycles. The lowest BCUT2D eigenvalue weighted by Crippen LogP contribution is -2.42. The molecule has 1 unspecified atom stereocenters. The summed E-state index contributed by atoms with van der Waals surface area (Å²) in [5.74, 6) is -2.76. The van der Waals surface area contributed by atoms with E-state index in [1.807, 2.05) is 30.3 Å². The van der Waals surface area contributed by atoms with Gasteiger partial charge in [-0.05, 0) is 12.6 Å². The predicted molar refractivity (Wildman–Crippen MR) is 64.2 cm³/mol. The maximum Gasteiger partial charge on any atom is 0.399 e. The minimum Gasteiger partial charge on any atom is -0.387 e. The average Bonchev–Trinajstić information content (AvgIpc) is 2.25. The van der Waals surface area contributed by atoms with Gasteiger partial charge in [0.1, 0.15) is 11.8 Å². The van der Waals surface area contributed by atoms with Crippen LogP contribution in [0, 0.1) is 11.3 Å². The van der Waals surface area contributed by atoms with Crippen LogP contribution in [0.25, 0.3) is 0 Å². The van der Waals surface area contributed by atoms with Crippen LogP contribution in [0.3, 0.4) is 0 Å². The van der Waals surface area contributed by atoms with E-state index in [1.54, 1.807) is 7.05 Å². The molecule has 0 aliphatic carbocycles. The highest BCUT2D eigenvalue weighted by Gasteiger charge is 2.42. The molecule has 0 aliphatic rings. The fourth-order valence-corrected chi connectivity index (χ4v) is 1.65. The summed E-state index contributed by atoms with van der Waals surface area (Å²) in [4.78, 5) is 1.51. The molecule has 1 rings (SSSR count). The molecule has 0 saturated carbocycles. The van der Waals surface area contributed by atoms with Gasteiger partial charge < -0.3 is 10.6 Å². The molecule has 0 saturated heterocycles. The first-order valence-corrected chi connectivity index (χ1v) is 5.44. The standard InChI is InChI=1S/C12H16F3N3/c1-18(7-9-5-3-2-4-6-9)8-10(11(16)17)12(13,14)15/h2-6,10H,7-8H2,1H3,(H3,16,17). The molecule has 0 aliphatic heterocycles. The van der Waals surface area contributed by atoms with Crippen LogP contribution < -0.4 is 5.73 Å². The van der Waals surface area contributed by atoms with Crippen LogP contribution in [-0.2, 0) is 6.54 Å². The number of rotatable bonds is 5. The summed E-state index contributed by atoms with van der Waals surface area (Å²) in [7, 11) is 1.58. The minimum atomic E-state index is -4.48.